The third-order valence-electron chi connectivity index (χ3n) is 5.65. The van der Waals surface area contributed by atoms with Gasteiger partial charge in [-0.3, -0.25) is 14.4 Å². The Balaban J connectivity index is 1.78. The predicted molar refractivity (Wildman–Crippen MR) is 148 cm³/mol. The highest BCUT2D eigenvalue weighted by molar-refractivity contribution is 6.35. The van der Waals surface area contributed by atoms with Crippen molar-refractivity contribution in [2.75, 3.05) is 10.6 Å². The van der Waals surface area contributed by atoms with Gasteiger partial charge in [-0.25, -0.2) is 0 Å². The van der Waals surface area contributed by atoms with Gasteiger partial charge in [0.05, 0.1) is 10.6 Å². The number of benzene rings is 3. The van der Waals surface area contributed by atoms with E-state index >= 15 is 0 Å². The molecule has 0 spiro atoms. The van der Waals surface area contributed by atoms with Crippen molar-refractivity contribution in [1.82, 2.24) is 0 Å². The van der Waals surface area contributed by atoms with Gasteiger partial charge in [-0.15, -0.1) is 0 Å². The molecule has 0 aromatic heterocycles. The number of nitrogens with one attached hydrogen (secondary N) is 2. The van der Waals surface area contributed by atoms with E-state index in [0.29, 0.717) is 16.4 Å². The van der Waals surface area contributed by atoms with Crippen LogP contribution >= 0.6 is 23.2 Å². The zero-order valence-corrected chi connectivity index (χ0v) is 22.1. The Morgan fingerprint density at radius 1 is 0.892 bits per heavy atom. The largest absolute Gasteiger partial charge is 0.453 e. The molecule has 9 heteroatoms. The maximum Gasteiger partial charge on any atom is 0.303 e. The lowest BCUT2D eigenvalue weighted by Gasteiger charge is -2.18. The molecule has 0 saturated heterocycles. The molecule has 0 aliphatic carbocycles. The third kappa shape index (κ3) is 7.12. The summed E-state index contributed by atoms with van der Waals surface area (Å²) in [5.41, 5.74) is 9.58. The third-order valence-corrected chi connectivity index (χ3v) is 6.31. The number of hydrogen-bond acceptors (Lipinski definition) is 5. The summed E-state index contributed by atoms with van der Waals surface area (Å²) in [6, 6.07) is 17.6. The Labute approximate surface area is 225 Å². The minimum Gasteiger partial charge on any atom is -0.453 e. The van der Waals surface area contributed by atoms with Crippen molar-refractivity contribution in [3.8, 4) is 0 Å². The number of nitrogens with two attached hydrogens (primary N) is 1. The number of amides is 2. The highest BCUT2D eigenvalue weighted by Gasteiger charge is 2.19. The zero-order chi connectivity index (χ0) is 27.1. The predicted octanol–water partition coefficient (Wildman–Crippen LogP) is 6.22. The van der Waals surface area contributed by atoms with Crippen molar-refractivity contribution in [2.24, 2.45) is 5.73 Å². The van der Waals surface area contributed by atoms with Crippen LogP contribution in [0.2, 0.25) is 10.0 Å². The minimum absolute atomic E-state index is 0.0717. The fourth-order valence-electron chi connectivity index (χ4n) is 3.80. The van der Waals surface area contributed by atoms with Crippen molar-refractivity contribution in [3.63, 3.8) is 0 Å². The second-order valence-corrected chi connectivity index (χ2v) is 9.15. The number of hydrogen-bond donors (Lipinski definition) is 3. The molecule has 4 N–H and O–H groups in total. The molecule has 0 heterocycles. The maximum absolute atomic E-state index is 13.0. The van der Waals surface area contributed by atoms with Crippen molar-refractivity contribution in [1.29, 1.82) is 0 Å². The van der Waals surface area contributed by atoms with E-state index in [1.165, 1.54) is 38.2 Å². The molecule has 1 unspecified atom stereocenters. The molecule has 0 fully saturated rings. The topological polar surface area (TPSA) is 111 Å². The summed E-state index contributed by atoms with van der Waals surface area (Å²) < 4.78 is 4.86. The minimum atomic E-state index is -0.973. The number of anilines is 2. The average Bonchev–Trinajstić information content (AvgIpc) is 2.85. The van der Waals surface area contributed by atoms with Crippen molar-refractivity contribution in [2.45, 2.75) is 32.8 Å². The molecule has 7 nitrogen and oxygen atoms in total. The standard InChI is InChI=1S/C28H27Cl2N3O4/c1-16(22-7-5-4-6-19(22)12-13-31)24-14-20(9-11-25(24)29)33-28(36)23-10-8-21(15-26(23)30)32-27(35)17(2)37-18(3)34/h4-17H,31H2,1-3H3,(H,32,35)(H,33,36)/b13-12-/t16?,17-/m1/s1. The first-order valence-electron chi connectivity index (χ1n) is 11.5. The smallest absolute Gasteiger partial charge is 0.303 e. The monoisotopic (exact) mass is 539 g/mol. The quantitative estimate of drug-likeness (QED) is 0.294. The number of esters is 1. The molecule has 37 heavy (non-hydrogen) atoms. The van der Waals surface area contributed by atoms with Crippen LogP contribution in [-0.2, 0) is 14.3 Å². The van der Waals surface area contributed by atoms with Crippen LogP contribution in [0.25, 0.3) is 6.08 Å². The number of halogens is 2. The average molecular weight is 540 g/mol. The summed E-state index contributed by atoms with van der Waals surface area (Å²) in [6.07, 6.45) is 2.35. The Hall–Kier alpha value is -3.81. The maximum atomic E-state index is 13.0. The Morgan fingerprint density at radius 2 is 1.57 bits per heavy atom. The second kappa shape index (κ2) is 12.4. The first-order valence-corrected chi connectivity index (χ1v) is 12.2. The molecule has 0 aliphatic rings. The molecule has 3 aromatic carbocycles. The number of ether oxygens (including phenoxy) is 1. The van der Waals surface area contributed by atoms with E-state index in [9.17, 15) is 14.4 Å². The van der Waals surface area contributed by atoms with Gasteiger partial charge in [-0.2, -0.15) is 0 Å². The second-order valence-electron chi connectivity index (χ2n) is 8.34. The lowest BCUT2D eigenvalue weighted by molar-refractivity contribution is -0.150. The van der Waals surface area contributed by atoms with E-state index in [4.69, 9.17) is 33.7 Å². The molecule has 3 rings (SSSR count). The zero-order valence-electron chi connectivity index (χ0n) is 20.5. The van der Waals surface area contributed by atoms with Crippen LogP contribution in [0.1, 0.15) is 53.7 Å². The van der Waals surface area contributed by atoms with Gasteiger partial charge in [-0.05, 0) is 72.3 Å². The Kier molecular flexibility index (Phi) is 9.33. The molecular weight excluding hydrogens is 513 g/mol. The van der Waals surface area contributed by atoms with Crippen molar-refractivity contribution in [3.05, 3.63) is 99.2 Å². The molecule has 192 valence electrons. The highest BCUT2D eigenvalue weighted by Crippen LogP contribution is 2.34. The summed E-state index contributed by atoms with van der Waals surface area (Å²) in [6.45, 7) is 4.70. The van der Waals surface area contributed by atoms with Gasteiger partial charge in [-0.1, -0.05) is 54.4 Å². The van der Waals surface area contributed by atoms with Crippen molar-refractivity contribution >= 4 is 58.4 Å². The first kappa shape index (κ1) is 27.8. The molecule has 3 aromatic rings. The van der Waals surface area contributed by atoms with E-state index in [1.807, 2.05) is 43.3 Å². The summed E-state index contributed by atoms with van der Waals surface area (Å²) >= 11 is 12.9. The number of carbonyl (C=O) groups excluding carboxylic acids is 3. The van der Waals surface area contributed by atoms with Gasteiger partial charge in [0, 0.05) is 29.2 Å². The van der Waals surface area contributed by atoms with Gasteiger partial charge >= 0.3 is 5.97 Å². The molecule has 2 atom stereocenters. The van der Waals surface area contributed by atoms with Gasteiger partial charge < -0.3 is 21.1 Å². The molecule has 0 radical (unpaired) electrons. The fourth-order valence-corrected chi connectivity index (χ4v) is 4.35. The number of rotatable bonds is 8. The summed E-state index contributed by atoms with van der Waals surface area (Å²) in [5, 5.41) is 6.16. The van der Waals surface area contributed by atoms with Crippen LogP contribution in [-0.4, -0.2) is 23.9 Å². The number of carbonyl (C=O) groups is 3. The summed E-state index contributed by atoms with van der Waals surface area (Å²) in [5.74, 6) is -1.58. The van der Waals surface area contributed by atoms with E-state index in [-0.39, 0.29) is 16.5 Å². The molecule has 0 aliphatic heterocycles. The van der Waals surface area contributed by atoms with E-state index in [0.717, 1.165) is 16.7 Å². The lowest BCUT2D eigenvalue weighted by atomic mass is 9.89. The molecule has 0 saturated carbocycles. The van der Waals surface area contributed by atoms with Gasteiger partial charge in [0.15, 0.2) is 6.10 Å². The van der Waals surface area contributed by atoms with Gasteiger partial charge in [0.1, 0.15) is 0 Å². The first-order chi connectivity index (χ1) is 17.6. The van der Waals surface area contributed by atoms with Crippen LogP contribution in [0.3, 0.4) is 0 Å². The normalized spacial score (nSPS) is 12.6. The van der Waals surface area contributed by atoms with E-state index in [1.54, 1.807) is 12.1 Å². The van der Waals surface area contributed by atoms with Crippen LogP contribution in [0.4, 0.5) is 11.4 Å². The van der Waals surface area contributed by atoms with Crippen LogP contribution < -0.4 is 16.4 Å². The van der Waals surface area contributed by atoms with Crippen LogP contribution in [0.15, 0.2) is 66.9 Å². The molecule has 2 amide bonds. The van der Waals surface area contributed by atoms with Gasteiger partial charge in [0.25, 0.3) is 11.8 Å². The van der Waals surface area contributed by atoms with Crippen LogP contribution in [0, 0.1) is 0 Å². The van der Waals surface area contributed by atoms with E-state index < -0.39 is 23.9 Å². The molecular formula is C28H27Cl2N3O4. The highest BCUT2D eigenvalue weighted by atomic mass is 35.5. The summed E-state index contributed by atoms with van der Waals surface area (Å²) in [7, 11) is 0. The SMILES string of the molecule is CC(=O)O[C@H](C)C(=O)Nc1ccc(C(=O)Nc2ccc(Cl)c(C(C)c3ccccc3/C=C\N)c2)c(Cl)c1. The fraction of sp³-hybridized carbons (Fsp3) is 0.179. The molecule has 0 bridgehead atoms. The van der Waals surface area contributed by atoms with Crippen LogP contribution in [0.5, 0.6) is 0 Å². The van der Waals surface area contributed by atoms with Crippen molar-refractivity contribution < 1.29 is 19.1 Å². The Morgan fingerprint density at radius 3 is 2.24 bits per heavy atom. The lowest BCUT2D eigenvalue weighted by Crippen LogP contribution is -2.29. The van der Waals surface area contributed by atoms with E-state index in [2.05, 4.69) is 10.6 Å². The summed E-state index contributed by atoms with van der Waals surface area (Å²) in [4.78, 5) is 36.2. The van der Waals surface area contributed by atoms with Gasteiger partial charge in [0.2, 0.25) is 0 Å². The Bertz CT molecular complexity index is 1360.